The molecule has 1 spiro atoms. The predicted octanol–water partition coefficient (Wildman–Crippen LogP) is 1.56. The van der Waals surface area contributed by atoms with E-state index in [4.69, 9.17) is 14.5 Å². The molecule has 2 saturated heterocycles. The highest BCUT2D eigenvalue weighted by Gasteiger charge is 2.50. The molecule has 0 unspecified atom stereocenters. The fraction of sp³-hybridized carbons (Fsp3) is 0.577. The molecule has 0 bridgehead atoms. The second-order valence-electron chi connectivity index (χ2n) is 10.6. The highest BCUT2D eigenvalue weighted by molar-refractivity contribution is 7.91. The van der Waals surface area contributed by atoms with Crippen LogP contribution in [0.3, 0.4) is 0 Å². The van der Waals surface area contributed by atoms with Gasteiger partial charge in [-0.25, -0.2) is 22.6 Å². The van der Waals surface area contributed by atoms with Crippen LogP contribution in [0.5, 0.6) is 5.75 Å². The third-order valence-electron chi connectivity index (χ3n) is 8.19. The largest absolute Gasteiger partial charge is 0.492 e. The molecule has 38 heavy (non-hydrogen) atoms. The number of ether oxygens (including phenoxy) is 2. The number of carbonyl (C=O) groups excluding carboxylic acids is 1. The van der Waals surface area contributed by atoms with Gasteiger partial charge in [-0.3, -0.25) is 14.7 Å². The number of halogens is 1. The SMILES string of the molecule is O=C1OC2(CCN(c3nc4c(c(=O)[nH]3)CCCC4)CC2)c2c(F)cc(OCCN3CCS(=O)(=O)CC3)cc21. The lowest BCUT2D eigenvalue weighted by Crippen LogP contribution is -2.44. The summed E-state index contributed by atoms with van der Waals surface area (Å²) in [5.41, 5.74) is 0.930. The number of benzene rings is 1. The Morgan fingerprint density at radius 2 is 1.82 bits per heavy atom. The number of nitrogens with zero attached hydrogens (tertiary/aromatic N) is 3. The Hall–Kier alpha value is -2.99. The van der Waals surface area contributed by atoms with E-state index in [-0.39, 0.29) is 40.5 Å². The van der Waals surface area contributed by atoms with Gasteiger partial charge < -0.3 is 14.4 Å². The number of H-pyrrole nitrogens is 1. The third-order valence-corrected chi connectivity index (χ3v) is 9.80. The number of aromatic nitrogens is 2. The highest BCUT2D eigenvalue weighted by Crippen LogP contribution is 2.46. The Balaban J connectivity index is 1.13. The van der Waals surface area contributed by atoms with Crippen molar-refractivity contribution < 1.29 is 27.1 Å². The molecular weight excluding hydrogens is 515 g/mol. The van der Waals surface area contributed by atoms with E-state index in [0.717, 1.165) is 36.9 Å². The van der Waals surface area contributed by atoms with Gasteiger partial charge in [-0.15, -0.1) is 0 Å². The zero-order valence-electron chi connectivity index (χ0n) is 21.1. The molecule has 2 aromatic rings. The van der Waals surface area contributed by atoms with Gasteiger partial charge in [0.2, 0.25) is 5.95 Å². The summed E-state index contributed by atoms with van der Waals surface area (Å²) in [5, 5.41) is 0. The molecule has 1 aliphatic carbocycles. The van der Waals surface area contributed by atoms with Crippen molar-refractivity contribution in [3.05, 3.63) is 50.7 Å². The number of esters is 1. The van der Waals surface area contributed by atoms with Gasteiger partial charge in [-0.05, 0) is 31.7 Å². The summed E-state index contributed by atoms with van der Waals surface area (Å²) in [5.74, 6) is -0.0891. The summed E-state index contributed by atoms with van der Waals surface area (Å²) in [6.07, 6.45) is 4.32. The summed E-state index contributed by atoms with van der Waals surface area (Å²) in [7, 11) is -2.96. The molecule has 0 radical (unpaired) electrons. The number of carbonyl (C=O) groups is 1. The van der Waals surface area contributed by atoms with Crippen LogP contribution >= 0.6 is 0 Å². The van der Waals surface area contributed by atoms with Gasteiger partial charge in [-0.1, -0.05) is 0 Å². The molecule has 0 amide bonds. The molecule has 1 aromatic heterocycles. The normalized spacial score (nSPS) is 22.1. The van der Waals surface area contributed by atoms with Crippen LogP contribution < -0.4 is 15.2 Å². The number of fused-ring (bicyclic) bond motifs is 3. The Labute approximate surface area is 220 Å². The predicted molar refractivity (Wildman–Crippen MR) is 137 cm³/mol. The first-order chi connectivity index (χ1) is 18.2. The second-order valence-corrected chi connectivity index (χ2v) is 12.9. The van der Waals surface area contributed by atoms with E-state index >= 15 is 4.39 Å². The van der Waals surface area contributed by atoms with Gasteiger partial charge in [0.25, 0.3) is 5.56 Å². The Morgan fingerprint density at radius 3 is 2.58 bits per heavy atom. The van der Waals surface area contributed by atoms with Crippen LogP contribution in [0.1, 0.15) is 52.9 Å². The van der Waals surface area contributed by atoms with Crippen molar-refractivity contribution in [3.63, 3.8) is 0 Å². The van der Waals surface area contributed by atoms with E-state index < -0.39 is 27.2 Å². The van der Waals surface area contributed by atoms with Crippen molar-refractivity contribution in [1.29, 1.82) is 0 Å². The quantitative estimate of drug-likeness (QED) is 0.557. The average Bonchev–Trinajstić information content (AvgIpc) is 3.16. The van der Waals surface area contributed by atoms with E-state index in [0.29, 0.717) is 51.5 Å². The van der Waals surface area contributed by atoms with Crippen molar-refractivity contribution in [1.82, 2.24) is 14.9 Å². The monoisotopic (exact) mass is 546 g/mol. The molecule has 1 aromatic carbocycles. The average molecular weight is 547 g/mol. The molecule has 204 valence electrons. The molecular formula is C26H31FN4O6S. The maximum atomic E-state index is 15.4. The van der Waals surface area contributed by atoms with Gasteiger partial charge in [-0.2, -0.15) is 0 Å². The molecule has 1 N–H and O–H groups in total. The molecule has 2 fully saturated rings. The van der Waals surface area contributed by atoms with Gasteiger partial charge in [0.05, 0.1) is 22.8 Å². The van der Waals surface area contributed by atoms with Gasteiger partial charge in [0, 0.05) is 62.8 Å². The van der Waals surface area contributed by atoms with E-state index in [1.165, 1.54) is 12.1 Å². The maximum absolute atomic E-state index is 15.4. The number of nitrogens with one attached hydrogen (secondary N) is 1. The van der Waals surface area contributed by atoms with Gasteiger partial charge in [0.15, 0.2) is 9.84 Å². The molecule has 12 heteroatoms. The lowest BCUT2D eigenvalue weighted by molar-refractivity contribution is -0.0225. The molecule has 4 heterocycles. The van der Waals surface area contributed by atoms with Crippen molar-refractivity contribution in [2.75, 3.05) is 55.7 Å². The van der Waals surface area contributed by atoms with Crippen LogP contribution in [0.25, 0.3) is 0 Å². The molecule has 6 rings (SSSR count). The minimum atomic E-state index is -2.96. The number of rotatable bonds is 5. The first-order valence-electron chi connectivity index (χ1n) is 13.2. The molecule has 0 atom stereocenters. The van der Waals surface area contributed by atoms with Crippen molar-refractivity contribution in [3.8, 4) is 5.75 Å². The van der Waals surface area contributed by atoms with Crippen LogP contribution in [0, 0.1) is 5.82 Å². The minimum absolute atomic E-state index is 0.0912. The van der Waals surface area contributed by atoms with Crippen LogP contribution in [-0.2, 0) is 33.0 Å². The van der Waals surface area contributed by atoms with E-state index in [2.05, 4.69) is 4.98 Å². The smallest absolute Gasteiger partial charge is 0.339 e. The Kier molecular flexibility index (Phi) is 6.42. The number of hydrogen-bond acceptors (Lipinski definition) is 9. The second kappa shape index (κ2) is 9.64. The topological polar surface area (TPSA) is 122 Å². The van der Waals surface area contributed by atoms with Crippen LogP contribution in [0.15, 0.2) is 16.9 Å². The minimum Gasteiger partial charge on any atom is -0.492 e. The summed E-state index contributed by atoms with van der Waals surface area (Å²) in [4.78, 5) is 36.9. The summed E-state index contributed by atoms with van der Waals surface area (Å²) in [6.45, 7) is 2.57. The van der Waals surface area contributed by atoms with E-state index in [1.54, 1.807) is 0 Å². The highest BCUT2D eigenvalue weighted by atomic mass is 32.2. The van der Waals surface area contributed by atoms with Gasteiger partial charge >= 0.3 is 5.97 Å². The lowest BCUT2D eigenvalue weighted by Gasteiger charge is -2.39. The zero-order valence-corrected chi connectivity index (χ0v) is 21.9. The number of aromatic amines is 1. The van der Waals surface area contributed by atoms with Crippen LogP contribution in [0.4, 0.5) is 10.3 Å². The first kappa shape index (κ1) is 25.3. The zero-order chi connectivity index (χ0) is 26.5. The van der Waals surface area contributed by atoms with Crippen LogP contribution in [-0.4, -0.2) is 80.1 Å². The number of piperidine rings is 1. The maximum Gasteiger partial charge on any atom is 0.339 e. The molecule has 0 saturated carbocycles. The number of sulfone groups is 1. The molecule has 10 nitrogen and oxygen atoms in total. The van der Waals surface area contributed by atoms with Crippen molar-refractivity contribution in [2.24, 2.45) is 0 Å². The Bertz CT molecular complexity index is 1420. The van der Waals surface area contributed by atoms with E-state index in [9.17, 15) is 18.0 Å². The summed E-state index contributed by atoms with van der Waals surface area (Å²) < 4.78 is 50.1. The fourth-order valence-corrected chi connectivity index (χ4v) is 7.29. The number of anilines is 1. The fourth-order valence-electron chi connectivity index (χ4n) is 6.01. The van der Waals surface area contributed by atoms with Gasteiger partial charge in [0.1, 0.15) is 23.8 Å². The van der Waals surface area contributed by atoms with Crippen molar-refractivity contribution >= 4 is 21.8 Å². The third kappa shape index (κ3) is 4.68. The molecule has 3 aliphatic heterocycles. The number of hydrogen-bond donors (Lipinski definition) is 1. The summed E-state index contributed by atoms with van der Waals surface area (Å²) in [6, 6.07) is 2.82. The Morgan fingerprint density at radius 1 is 1.08 bits per heavy atom. The number of aryl methyl sites for hydroxylation is 1. The van der Waals surface area contributed by atoms with E-state index in [1.807, 2.05) is 9.80 Å². The standard InChI is InChI=1S/C26H31FN4O6S/c27-20-16-17(36-12-9-30-10-13-38(34,35)14-11-30)15-19-22(20)26(37-24(19)33)5-7-31(8-6-26)25-28-21-4-2-1-3-18(21)23(32)29-25/h15-16H,1-14H2,(H,28,29,32). The van der Waals surface area contributed by atoms with Crippen LogP contribution in [0.2, 0.25) is 0 Å². The molecule has 4 aliphatic rings. The first-order valence-corrected chi connectivity index (χ1v) is 15.1. The summed E-state index contributed by atoms with van der Waals surface area (Å²) >= 11 is 0. The van der Waals surface area contributed by atoms with Crippen molar-refractivity contribution in [2.45, 2.75) is 44.1 Å². The lowest BCUT2D eigenvalue weighted by atomic mass is 9.83.